The maximum Gasteiger partial charge on any atom is 0.261 e. The number of nitrogens with zero attached hydrogens (tertiary/aromatic N) is 3. The molecule has 3 heterocycles. The van der Waals surface area contributed by atoms with E-state index in [0.717, 1.165) is 46.0 Å². The molecule has 0 bridgehead atoms. The number of amides is 1. The summed E-state index contributed by atoms with van der Waals surface area (Å²) in [5.41, 5.74) is 3.47. The molecule has 4 rings (SSSR count). The summed E-state index contributed by atoms with van der Waals surface area (Å²) in [7, 11) is 0. The first kappa shape index (κ1) is 17.9. The van der Waals surface area contributed by atoms with Crippen molar-refractivity contribution in [2.45, 2.75) is 33.1 Å². The summed E-state index contributed by atoms with van der Waals surface area (Å²) in [6.45, 7) is 6.77. The number of hydrogen-bond acceptors (Lipinski definition) is 5. The summed E-state index contributed by atoms with van der Waals surface area (Å²) in [6.07, 6.45) is 4.84. The van der Waals surface area contributed by atoms with Crippen molar-refractivity contribution in [1.29, 1.82) is 0 Å². The molecule has 0 aliphatic carbocycles. The van der Waals surface area contributed by atoms with E-state index in [1.54, 1.807) is 6.33 Å². The van der Waals surface area contributed by atoms with Gasteiger partial charge in [0, 0.05) is 19.6 Å². The lowest BCUT2D eigenvalue weighted by Gasteiger charge is -2.17. The van der Waals surface area contributed by atoms with Crippen LogP contribution in [0.25, 0.3) is 10.2 Å². The Balaban J connectivity index is 1.51. The quantitative estimate of drug-likeness (QED) is 0.730. The van der Waals surface area contributed by atoms with E-state index in [0.29, 0.717) is 6.54 Å². The van der Waals surface area contributed by atoms with Gasteiger partial charge in [0.05, 0.1) is 10.3 Å². The van der Waals surface area contributed by atoms with Gasteiger partial charge in [-0.2, -0.15) is 0 Å². The number of rotatable bonds is 5. The number of hydrogen-bond donors (Lipinski definition) is 1. The minimum atomic E-state index is -0.0185. The van der Waals surface area contributed by atoms with Gasteiger partial charge in [0.25, 0.3) is 5.91 Å². The lowest BCUT2D eigenvalue weighted by atomic mass is 10.1. The molecule has 6 heteroatoms. The van der Waals surface area contributed by atoms with Crippen molar-refractivity contribution < 1.29 is 4.79 Å². The van der Waals surface area contributed by atoms with Gasteiger partial charge >= 0.3 is 0 Å². The van der Waals surface area contributed by atoms with Crippen LogP contribution in [-0.2, 0) is 6.42 Å². The highest BCUT2D eigenvalue weighted by atomic mass is 32.1. The van der Waals surface area contributed by atoms with Crippen molar-refractivity contribution in [2.75, 3.05) is 24.5 Å². The van der Waals surface area contributed by atoms with E-state index in [2.05, 4.69) is 51.4 Å². The largest absolute Gasteiger partial charge is 0.356 e. The highest BCUT2D eigenvalue weighted by Crippen LogP contribution is 2.35. The Morgan fingerprint density at radius 1 is 1.15 bits per heavy atom. The highest BCUT2D eigenvalue weighted by molar-refractivity contribution is 7.20. The Labute approximate surface area is 163 Å². The number of aromatic nitrogens is 2. The van der Waals surface area contributed by atoms with Crippen LogP contribution in [0, 0.1) is 13.8 Å². The first-order chi connectivity index (χ1) is 13.1. The van der Waals surface area contributed by atoms with E-state index >= 15 is 0 Å². The van der Waals surface area contributed by atoms with Crippen LogP contribution in [-0.4, -0.2) is 35.5 Å². The zero-order valence-electron chi connectivity index (χ0n) is 15.8. The molecule has 1 fully saturated rings. The monoisotopic (exact) mass is 380 g/mol. The number of carbonyl (C=O) groups excluding carboxylic acids is 1. The minimum absolute atomic E-state index is 0.0185. The van der Waals surface area contributed by atoms with Gasteiger partial charge in [-0.25, -0.2) is 9.97 Å². The molecule has 0 radical (unpaired) electrons. The van der Waals surface area contributed by atoms with Crippen molar-refractivity contribution in [3.05, 3.63) is 52.2 Å². The number of thiophene rings is 1. The minimum Gasteiger partial charge on any atom is -0.356 e. The third-order valence-electron chi connectivity index (χ3n) is 5.14. The maximum absolute atomic E-state index is 12.7. The predicted molar refractivity (Wildman–Crippen MR) is 111 cm³/mol. The molecule has 140 valence electrons. The second kappa shape index (κ2) is 7.64. The molecule has 0 unspecified atom stereocenters. The van der Waals surface area contributed by atoms with Crippen molar-refractivity contribution >= 4 is 33.3 Å². The lowest BCUT2D eigenvalue weighted by molar-refractivity contribution is 0.0957. The number of anilines is 1. The molecule has 27 heavy (non-hydrogen) atoms. The lowest BCUT2D eigenvalue weighted by Crippen LogP contribution is -2.25. The SMILES string of the molecule is Cc1ccc(CCNC(=O)c2sc3ncnc(N4CCCC4)c3c2C)cc1. The Morgan fingerprint density at radius 3 is 2.63 bits per heavy atom. The fourth-order valence-electron chi connectivity index (χ4n) is 3.59. The van der Waals surface area contributed by atoms with Gasteiger partial charge in [0.1, 0.15) is 17.0 Å². The van der Waals surface area contributed by atoms with Crippen molar-refractivity contribution in [1.82, 2.24) is 15.3 Å². The van der Waals surface area contributed by atoms with Gasteiger partial charge in [-0.3, -0.25) is 4.79 Å². The molecular formula is C21H24N4OS. The van der Waals surface area contributed by atoms with E-state index in [1.807, 2.05) is 6.92 Å². The predicted octanol–water partition coefficient (Wildman–Crippen LogP) is 3.88. The van der Waals surface area contributed by atoms with E-state index < -0.39 is 0 Å². The molecule has 5 nitrogen and oxygen atoms in total. The third-order valence-corrected chi connectivity index (χ3v) is 6.34. The van der Waals surface area contributed by atoms with E-state index in [4.69, 9.17) is 0 Å². The van der Waals surface area contributed by atoms with Gasteiger partial charge in [0.15, 0.2) is 0 Å². The van der Waals surface area contributed by atoms with Gasteiger partial charge in [0.2, 0.25) is 0 Å². The molecule has 1 aromatic carbocycles. The van der Waals surface area contributed by atoms with Crippen LogP contribution < -0.4 is 10.2 Å². The fraction of sp³-hybridized carbons (Fsp3) is 0.381. The van der Waals surface area contributed by atoms with Crippen LogP contribution in [0.2, 0.25) is 0 Å². The Morgan fingerprint density at radius 2 is 1.89 bits per heavy atom. The summed E-state index contributed by atoms with van der Waals surface area (Å²) >= 11 is 1.46. The van der Waals surface area contributed by atoms with Crippen molar-refractivity contribution in [2.24, 2.45) is 0 Å². The molecule has 1 saturated heterocycles. The Hall–Kier alpha value is -2.47. The first-order valence-electron chi connectivity index (χ1n) is 9.46. The number of benzene rings is 1. The van der Waals surface area contributed by atoms with Crippen LogP contribution in [0.4, 0.5) is 5.82 Å². The molecule has 1 N–H and O–H groups in total. The molecule has 2 aromatic heterocycles. The first-order valence-corrected chi connectivity index (χ1v) is 10.3. The summed E-state index contributed by atoms with van der Waals surface area (Å²) in [5, 5.41) is 4.10. The standard InChI is InChI=1S/C21H24N4OS/c1-14-5-7-16(8-6-14)9-10-22-20(26)18-15(2)17-19(25-11-3-4-12-25)23-13-24-21(17)27-18/h5-8,13H,3-4,9-12H2,1-2H3,(H,22,26). The molecule has 3 aromatic rings. The number of fused-ring (bicyclic) bond motifs is 1. The van der Waals surface area contributed by atoms with Crippen LogP contribution >= 0.6 is 11.3 Å². The van der Waals surface area contributed by atoms with Crippen LogP contribution in [0.15, 0.2) is 30.6 Å². The number of aryl methyl sites for hydroxylation is 2. The highest BCUT2D eigenvalue weighted by Gasteiger charge is 2.23. The molecule has 0 saturated carbocycles. The normalized spacial score (nSPS) is 14.1. The zero-order chi connectivity index (χ0) is 18.8. The number of carbonyl (C=O) groups is 1. The second-order valence-corrected chi connectivity index (χ2v) is 8.12. The van der Waals surface area contributed by atoms with Crippen molar-refractivity contribution in [3.63, 3.8) is 0 Å². The summed E-state index contributed by atoms with van der Waals surface area (Å²) in [4.78, 5) is 25.6. The fourth-order valence-corrected chi connectivity index (χ4v) is 4.65. The van der Waals surface area contributed by atoms with Crippen LogP contribution in [0.1, 0.15) is 39.2 Å². The summed E-state index contributed by atoms with van der Waals surface area (Å²) in [5.74, 6) is 0.958. The molecule has 1 amide bonds. The molecule has 1 aliphatic rings. The average Bonchev–Trinajstić information content (AvgIpc) is 3.32. The van der Waals surface area contributed by atoms with Gasteiger partial charge in [-0.1, -0.05) is 29.8 Å². The zero-order valence-corrected chi connectivity index (χ0v) is 16.6. The van der Waals surface area contributed by atoms with Crippen LogP contribution in [0.5, 0.6) is 0 Å². The third kappa shape index (κ3) is 3.67. The van der Waals surface area contributed by atoms with Crippen LogP contribution in [0.3, 0.4) is 0 Å². The molecule has 1 aliphatic heterocycles. The topological polar surface area (TPSA) is 58.1 Å². The maximum atomic E-state index is 12.7. The van der Waals surface area contributed by atoms with Crippen molar-refractivity contribution in [3.8, 4) is 0 Å². The summed E-state index contributed by atoms with van der Waals surface area (Å²) in [6, 6.07) is 8.44. The molecule has 0 spiro atoms. The van der Waals surface area contributed by atoms with Gasteiger partial charge < -0.3 is 10.2 Å². The molecular weight excluding hydrogens is 356 g/mol. The van der Waals surface area contributed by atoms with E-state index in [9.17, 15) is 4.79 Å². The van der Waals surface area contributed by atoms with E-state index in [-0.39, 0.29) is 5.91 Å². The summed E-state index contributed by atoms with van der Waals surface area (Å²) < 4.78 is 0. The Bertz CT molecular complexity index is 958. The van der Waals surface area contributed by atoms with Gasteiger partial charge in [-0.05, 0) is 44.2 Å². The van der Waals surface area contributed by atoms with Gasteiger partial charge in [-0.15, -0.1) is 11.3 Å². The number of nitrogens with one attached hydrogen (secondary N) is 1. The second-order valence-electron chi connectivity index (χ2n) is 7.12. The molecule has 0 atom stereocenters. The van der Waals surface area contributed by atoms with E-state index in [1.165, 1.54) is 35.3 Å². The smallest absolute Gasteiger partial charge is 0.261 e. The average molecular weight is 381 g/mol. The Kier molecular flexibility index (Phi) is 5.07.